The topological polar surface area (TPSA) is 78.3 Å². The second-order valence-electron chi connectivity index (χ2n) is 6.56. The van der Waals surface area contributed by atoms with Crippen molar-refractivity contribution in [2.45, 2.75) is 26.7 Å². The van der Waals surface area contributed by atoms with E-state index < -0.39 is 0 Å². The number of H-pyrrole nitrogens is 1. The standard InChI is InChI=1S/C18H19N3O2/c1-18(2)8-15(22)14(16(23)9-18)10-19-17-13(11-20-21-17)12-6-4-3-5-7-12/h3-7,10-11,22H,8-9H2,1-2H3,(H,20,21)/b19-10+. The fourth-order valence-corrected chi connectivity index (χ4v) is 2.78. The van der Waals surface area contributed by atoms with Crippen LogP contribution in [0.15, 0.2) is 52.9 Å². The maximum absolute atomic E-state index is 12.2. The molecule has 0 amide bonds. The number of aromatic nitrogens is 2. The third-order valence-electron chi connectivity index (χ3n) is 3.92. The average molecular weight is 309 g/mol. The number of allylic oxidation sites excluding steroid dienone is 2. The lowest BCUT2D eigenvalue weighted by Crippen LogP contribution is -2.26. The molecule has 3 rings (SSSR count). The molecule has 1 aliphatic carbocycles. The number of benzene rings is 1. The number of nitrogens with one attached hydrogen (secondary N) is 1. The molecule has 1 heterocycles. The SMILES string of the molecule is CC1(C)CC(=O)C(/C=N/c2[nH]ncc2-c2ccccc2)=C(O)C1. The summed E-state index contributed by atoms with van der Waals surface area (Å²) in [7, 11) is 0. The van der Waals surface area contributed by atoms with E-state index in [1.54, 1.807) is 6.20 Å². The molecule has 2 N–H and O–H groups in total. The molecule has 118 valence electrons. The molecule has 0 atom stereocenters. The Hall–Kier alpha value is -2.69. The Morgan fingerprint density at radius 3 is 2.70 bits per heavy atom. The van der Waals surface area contributed by atoms with Crippen LogP contribution in [0.3, 0.4) is 0 Å². The van der Waals surface area contributed by atoms with Gasteiger partial charge in [-0.1, -0.05) is 44.2 Å². The molecule has 0 spiro atoms. The zero-order chi connectivity index (χ0) is 16.4. The number of rotatable bonds is 3. The van der Waals surface area contributed by atoms with Crippen molar-refractivity contribution in [3.8, 4) is 11.1 Å². The Bertz CT molecular complexity index is 786. The van der Waals surface area contributed by atoms with Crippen molar-refractivity contribution in [1.82, 2.24) is 10.2 Å². The fourth-order valence-electron chi connectivity index (χ4n) is 2.78. The number of carbonyl (C=O) groups is 1. The Morgan fingerprint density at radius 1 is 1.26 bits per heavy atom. The molecule has 0 radical (unpaired) electrons. The minimum absolute atomic E-state index is 0.0803. The van der Waals surface area contributed by atoms with E-state index in [2.05, 4.69) is 15.2 Å². The number of aliphatic hydroxyl groups is 1. The third kappa shape index (κ3) is 3.23. The van der Waals surface area contributed by atoms with Gasteiger partial charge in [-0.2, -0.15) is 5.10 Å². The van der Waals surface area contributed by atoms with Crippen molar-refractivity contribution in [1.29, 1.82) is 0 Å². The molecule has 1 aliphatic rings. The van der Waals surface area contributed by atoms with E-state index in [9.17, 15) is 9.90 Å². The highest BCUT2D eigenvalue weighted by Crippen LogP contribution is 2.35. The van der Waals surface area contributed by atoms with Crippen molar-refractivity contribution >= 4 is 17.8 Å². The van der Waals surface area contributed by atoms with E-state index in [0.717, 1.165) is 11.1 Å². The summed E-state index contributed by atoms with van der Waals surface area (Å²) >= 11 is 0. The van der Waals surface area contributed by atoms with Gasteiger partial charge in [0.1, 0.15) is 5.76 Å². The maximum atomic E-state index is 12.2. The molecule has 0 fully saturated rings. The predicted molar refractivity (Wildman–Crippen MR) is 89.9 cm³/mol. The maximum Gasteiger partial charge on any atom is 0.168 e. The van der Waals surface area contributed by atoms with Crippen LogP contribution in [-0.4, -0.2) is 27.3 Å². The van der Waals surface area contributed by atoms with Gasteiger partial charge in [-0.25, -0.2) is 4.99 Å². The summed E-state index contributed by atoms with van der Waals surface area (Å²) in [4.78, 5) is 16.5. The molecular formula is C18H19N3O2. The number of hydrogen-bond acceptors (Lipinski definition) is 4. The Labute approximate surface area is 134 Å². The van der Waals surface area contributed by atoms with Crippen LogP contribution in [0.1, 0.15) is 26.7 Å². The monoisotopic (exact) mass is 309 g/mol. The Morgan fingerprint density at radius 2 is 2.00 bits per heavy atom. The molecule has 1 aromatic heterocycles. The van der Waals surface area contributed by atoms with Crippen molar-refractivity contribution < 1.29 is 9.90 Å². The third-order valence-corrected chi connectivity index (χ3v) is 3.92. The number of hydrogen-bond donors (Lipinski definition) is 2. The van der Waals surface area contributed by atoms with Crippen LogP contribution in [0, 0.1) is 5.41 Å². The highest BCUT2D eigenvalue weighted by Gasteiger charge is 2.32. The number of ketones is 1. The van der Waals surface area contributed by atoms with Gasteiger partial charge < -0.3 is 5.11 Å². The number of carbonyl (C=O) groups excluding carboxylic acids is 1. The normalized spacial score (nSPS) is 17.9. The first kappa shape index (κ1) is 15.2. The lowest BCUT2D eigenvalue weighted by molar-refractivity contribution is -0.117. The fraction of sp³-hybridized carbons (Fsp3) is 0.278. The van der Waals surface area contributed by atoms with E-state index in [4.69, 9.17) is 0 Å². The average Bonchev–Trinajstić information content (AvgIpc) is 2.94. The molecule has 0 aliphatic heterocycles. The van der Waals surface area contributed by atoms with Gasteiger partial charge in [-0.05, 0) is 11.0 Å². The van der Waals surface area contributed by atoms with Crippen molar-refractivity contribution in [2.75, 3.05) is 0 Å². The van der Waals surface area contributed by atoms with E-state index in [0.29, 0.717) is 18.7 Å². The minimum atomic E-state index is -0.207. The second kappa shape index (κ2) is 5.83. The van der Waals surface area contributed by atoms with Crippen LogP contribution >= 0.6 is 0 Å². The summed E-state index contributed by atoms with van der Waals surface area (Å²) in [6.07, 6.45) is 4.02. The van der Waals surface area contributed by atoms with E-state index in [1.807, 2.05) is 44.2 Å². The van der Waals surface area contributed by atoms with Gasteiger partial charge in [0.25, 0.3) is 0 Å². The first-order chi connectivity index (χ1) is 11.0. The number of aromatic amines is 1. The molecule has 1 aromatic carbocycles. The van der Waals surface area contributed by atoms with Gasteiger partial charge in [0.2, 0.25) is 0 Å². The van der Waals surface area contributed by atoms with Crippen LogP contribution in [0.4, 0.5) is 5.82 Å². The van der Waals surface area contributed by atoms with Crippen molar-refractivity contribution in [2.24, 2.45) is 10.4 Å². The molecule has 2 aromatic rings. The van der Waals surface area contributed by atoms with Gasteiger partial charge in [0.05, 0.1) is 11.8 Å². The lowest BCUT2D eigenvalue weighted by Gasteiger charge is -2.28. The van der Waals surface area contributed by atoms with E-state index in [-0.39, 0.29) is 22.5 Å². The van der Waals surface area contributed by atoms with Crippen molar-refractivity contribution in [3.05, 3.63) is 47.9 Å². The van der Waals surface area contributed by atoms with E-state index in [1.165, 1.54) is 6.21 Å². The Balaban J connectivity index is 1.90. The first-order valence-corrected chi connectivity index (χ1v) is 7.54. The number of aliphatic hydroxyl groups excluding tert-OH is 1. The van der Waals surface area contributed by atoms with Gasteiger partial charge in [0, 0.05) is 24.6 Å². The molecule has 0 saturated heterocycles. The highest BCUT2D eigenvalue weighted by molar-refractivity contribution is 6.15. The molecule has 0 bridgehead atoms. The molecule has 23 heavy (non-hydrogen) atoms. The van der Waals surface area contributed by atoms with Crippen LogP contribution in [0.25, 0.3) is 11.1 Å². The van der Waals surface area contributed by atoms with E-state index >= 15 is 0 Å². The van der Waals surface area contributed by atoms with Crippen LogP contribution in [-0.2, 0) is 4.79 Å². The lowest BCUT2D eigenvalue weighted by atomic mass is 9.77. The molecule has 5 nitrogen and oxygen atoms in total. The molecular weight excluding hydrogens is 290 g/mol. The number of Topliss-reactive ketones (excluding diaryl/α,β-unsaturated/α-hetero) is 1. The number of nitrogens with zero attached hydrogens (tertiary/aromatic N) is 2. The van der Waals surface area contributed by atoms with Gasteiger partial charge in [-0.15, -0.1) is 0 Å². The molecule has 0 unspecified atom stereocenters. The van der Waals surface area contributed by atoms with Crippen LogP contribution in [0.2, 0.25) is 0 Å². The van der Waals surface area contributed by atoms with Gasteiger partial charge >= 0.3 is 0 Å². The summed E-state index contributed by atoms with van der Waals surface area (Å²) < 4.78 is 0. The summed E-state index contributed by atoms with van der Waals surface area (Å²) in [6, 6.07) is 9.76. The molecule has 5 heteroatoms. The summed E-state index contributed by atoms with van der Waals surface area (Å²) in [5.74, 6) is 0.591. The first-order valence-electron chi connectivity index (χ1n) is 7.54. The minimum Gasteiger partial charge on any atom is -0.511 e. The predicted octanol–water partition coefficient (Wildman–Crippen LogP) is 3.98. The van der Waals surface area contributed by atoms with Crippen LogP contribution < -0.4 is 0 Å². The van der Waals surface area contributed by atoms with Crippen LogP contribution in [0.5, 0.6) is 0 Å². The largest absolute Gasteiger partial charge is 0.511 e. The highest BCUT2D eigenvalue weighted by atomic mass is 16.3. The summed E-state index contributed by atoms with van der Waals surface area (Å²) in [5, 5.41) is 17.0. The van der Waals surface area contributed by atoms with Gasteiger partial charge in [-0.3, -0.25) is 9.89 Å². The number of aliphatic imine (C=N–C) groups is 1. The zero-order valence-electron chi connectivity index (χ0n) is 13.2. The zero-order valence-corrected chi connectivity index (χ0v) is 13.2. The smallest absolute Gasteiger partial charge is 0.168 e. The Kier molecular flexibility index (Phi) is 3.86. The van der Waals surface area contributed by atoms with Gasteiger partial charge in [0.15, 0.2) is 11.6 Å². The summed E-state index contributed by atoms with van der Waals surface area (Å²) in [6.45, 7) is 3.94. The second-order valence-corrected chi connectivity index (χ2v) is 6.56. The molecule has 0 saturated carbocycles. The summed E-state index contributed by atoms with van der Waals surface area (Å²) in [5.41, 5.74) is 1.92. The van der Waals surface area contributed by atoms with Crippen molar-refractivity contribution in [3.63, 3.8) is 0 Å². The quantitative estimate of drug-likeness (QED) is 0.842.